The highest BCUT2D eigenvalue weighted by molar-refractivity contribution is 5.99. The Morgan fingerprint density at radius 1 is 1.05 bits per heavy atom. The number of aryl methyl sites for hydroxylation is 1. The topological polar surface area (TPSA) is 71.1 Å². The van der Waals surface area contributed by atoms with E-state index < -0.39 is 0 Å². The number of benzene rings is 1. The number of nitrogens with zero attached hydrogens (tertiary/aromatic N) is 1. The van der Waals surface area contributed by atoms with Gasteiger partial charge >= 0.3 is 0 Å². The number of carbonyl (C=O) groups is 2. The van der Waals surface area contributed by atoms with Gasteiger partial charge in [-0.25, -0.2) is 0 Å². The molecule has 21 heavy (non-hydrogen) atoms. The first-order chi connectivity index (χ1) is 10.1. The number of hydrogen-bond acceptors (Lipinski definition) is 3. The molecule has 108 valence electrons. The van der Waals surface area contributed by atoms with Gasteiger partial charge in [0.05, 0.1) is 12.2 Å². The zero-order valence-corrected chi connectivity index (χ0v) is 12.0. The van der Waals surface area contributed by atoms with Crippen molar-refractivity contribution in [2.45, 2.75) is 13.5 Å². The second kappa shape index (κ2) is 6.65. The van der Waals surface area contributed by atoms with Gasteiger partial charge < -0.3 is 10.6 Å². The summed E-state index contributed by atoms with van der Waals surface area (Å²) in [6.07, 6.45) is 0. The lowest BCUT2D eigenvalue weighted by molar-refractivity contribution is 0.0950. The third-order valence-corrected chi connectivity index (χ3v) is 2.99. The van der Waals surface area contributed by atoms with E-state index in [4.69, 9.17) is 0 Å². The maximum atomic E-state index is 12.1. The second-order valence-electron chi connectivity index (χ2n) is 4.61. The molecule has 0 bridgehead atoms. The third-order valence-electron chi connectivity index (χ3n) is 2.99. The van der Waals surface area contributed by atoms with E-state index in [1.54, 1.807) is 31.3 Å². The number of aromatic nitrogens is 1. The van der Waals surface area contributed by atoms with Crippen molar-refractivity contribution in [3.05, 3.63) is 65.0 Å². The fourth-order valence-corrected chi connectivity index (χ4v) is 1.92. The number of rotatable bonds is 4. The molecular formula is C16H17N3O2. The van der Waals surface area contributed by atoms with E-state index in [2.05, 4.69) is 15.6 Å². The molecule has 0 aliphatic carbocycles. The van der Waals surface area contributed by atoms with Gasteiger partial charge in [0.25, 0.3) is 11.8 Å². The van der Waals surface area contributed by atoms with Crippen molar-refractivity contribution in [1.82, 2.24) is 15.6 Å². The van der Waals surface area contributed by atoms with E-state index >= 15 is 0 Å². The maximum absolute atomic E-state index is 12.1. The Balaban J connectivity index is 2.05. The van der Waals surface area contributed by atoms with Gasteiger partial charge in [-0.3, -0.25) is 14.6 Å². The Kier molecular flexibility index (Phi) is 4.66. The molecule has 2 amide bonds. The molecule has 1 aromatic carbocycles. The molecule has 2 aromatic rings. The average molecular weight is 283 g/mol. The number of nitrogens with one attached hydrogen (secondary N) is 2. The molecule has 0 fully saturated rings. The average Bonchev–Trinajstić information content (AvgIpc) is 2.52. The Bertz CT molecular complexity index is 668. The monoisotopic (exact) mass is 283 g/mol. The van der Waals surface area contributed by atoms with Gasteiger partial charge in [0, 0.05) is 23.9 Å². The summed E-state index contributed by atoms with van der Waals surface area (Å²) < 4.78 is 0. The molecule has 0 unspecified atom stereocenters. The minimum Gasteiger partial charge on any atom is -0.355 e. The minimum atomic E-state index is -0.232. The molecule has 2 N–H and O–H groups in total. The molecule has 0 aliphatic rings. The minimum absolute atomic E-state index is 0.218. The molecule has 5 heteroatoms. The van der Waals surface area contributed by atoms with E-state index in [0.29, 0.717) is 17.7 Å². The van der Waals surface area contributed by atoms with Gasteiger partial charge in [-0.2, -0.15) is 0 Å². The zero-order chi connectivity index (χ0) is 15.2. The van der Waals surface area contributed by atoms with E-state index in [0.717, 1.165) is 11.4 Å². The van der Waals surface area contributed by atoms with Crippen LogP contribution in [0.1, 0.15) is 32.1 Å². The maximum Gasteiger partial charge on any atom is 0.251 e. The SMILES string of the molecule is CNC(=O)c1cccc(C(=O)NCc2cccc(C)n2)c1. The van der Waals surface area contributed by atoms with Gasteiger partial charge in [-0.1, -0.05) is 12.1 Å². The predicted molar refractivity (Wildman–Crippen MR) is 80.0 cm³/mol. The molecule has 0 saturated carbocycles. The summed E-state index contributed by atoms with van der Waals surface area (Å²) in [5.41, 5.74) is 2.61. The van der Waals surface area contributed by atoms with Crippen LogP contribution in [0.4, 0.5) is 0 Å². The summed E-state index contributed by atoms with van der Waals surface area (Å²) in [6.45, 7) is 2.25. The van der Waals surface area contributed by atoms with Crippen LogP contribution in [0.3, 0.4) is 0 Å². The summed E-state index contributed by atoms with van der Waals surface area (Å²) in [5, 5.41) is 5.32. The van der Waals surface area contributed by atoms with Gasteiger partial charge in [-0.05, 0) is 37.3 Å². The lowest BCUT2D eigenvalue weighted by Crippen LogP contribution is -2.24. The number of hydrogen-bond donors (Lipinski definition) is 2. The Morgan fingerprint density at radius 2 is 1.71 bits per heavy atom. The molecular weight excluding hydrogens is 266 g/mol. The highest BCUT2D eigenvalue weighted by atomic mass is 16.2. The smallest absolute Gasteiger partial charge is 0.251 e. The van der Waals surface area contributed by atoms with Crippen molar-refractivity contribution < 1.29 is 9.59 Å². The van der Waals surface area contributed by atoms with Gasteiger partial charge in [-0.15, -0.1) is 0 Å². The van der Waals surface area contributed by atoms with Crippen molar-refractivity contribution in [3.63, 3.8) is 0 Å². The summed E-state index contributed by atoms with van der Waals surface area (Å²) in [5.74, 6) is -0.450. The first-order valence-corrected chi connectivity index (χ1v) is 6.63. The van der Waals surface area contributed by atoms with Crippen LogP contribution in [0, 0.1) is 6.92 Å². The molecule has 1 aromatic heterocycles. The van der Waals surface area contributed by atoms with Crippen LogP contribution >= 0.6 is 0 Å². The Labute approximate surface area is 123 Å². The van der Waals surface area contributed by atoms with Crippen molar-refractivity contribution in [2.75, 3.05) is 7.05 Å². The van der Waals surface area contributed by atoms with Crippen molar-refractivity contribution in [3.8, 4) is 0 Å². The summed E-state index contributed by atoms with van der Waals surface area (Å²) in [4.78, 5) is 28.0. The van der Waals surface area contributed by atoms with Crippen LogP contribution in [0.15, 0.2) is 42.5 Å². The second-order valence-corrected chi connectivity index (χ2v) is 4.61. The molecule has 0 atom stereocenters. The lowest BCUT2D eigenvalue weighted by Gasteiger charge is -2.07. The van der Waals surface area contributed by atoms with Gasteiger partial charge in [0.1, 0.15) is 0 Å². The van der Waals surface area contributed by atoms with E-state index in [-0.39, 0.29) is 11.8 Å². The first-order valence-electron chi connectivity index (χ1n) is 6.63. The van der Waals surface area contributed by atoms with E-state index in [1.807, 2.05) is 25.1 Å². The largest absolute Gasteiger partial charge is 0.355 e. The summed E-state index contributed by atoms with van der Waals surface area (Å²) in [6, 6.07) is 12.2. The molecule has 1 heterocycles. The van der Waals surface area contributed by atoms with Crippen molar-refractivity contribution in [1.29, 1.82) is 0 Å². The number of amides is 2. The number of carbonyl (C=O) groups excluding carboxylic acids is 2. The molecule has 2 rings (SSSR count). The zero-order valence-electron chi connectivity index (χ0n) is 12.0. The predicted octanol–water partition coefficient (Wildman–Crippen LogP) is 1.68. The lowest BCUT2D eigenvalue weighted by atomic mass is 10.1. The van der Waals surface area contributed by atoms with E-state index in [1.165, 1.54) is 0 Å². The van der Waals surface area contributed by atoms with Gasteiger partial charge in [0.15, 0.2) is 0 Å². The molecule has 0 radical (unpaired) electrons. The fourth-order valence-electron chi connectivity index (χ4n) is 1.92. The fraction of sp³-hybridized carbons (Fsp3) is 0.188. The quantitative estimate of drug-likeness (QED) is 0.896. The molecule has 5 nitrogen and oxygen atoms in total. The van der Waals surface area contributed by atoms with E-state index in [9.17, 15) is 9.59 Å². The van der Waals surface area contributed by atoms with Crippen LogP contribution in [0.25, 0.3) is 0 Å². The van der Waals surface area contributed by atoms with Crippen LogP contribution < -0.4 is 10.6 Å². The van der Waals surface area contributed by atoms with Gasteiger partial charge in [0.2, 0.25) is 0 Å². The Morgan fingerprint density at radius 3 is 2.38 bits per heavy atom. The molecule has 0 saturated heterocycles. The van der Waals surface area contributed by atoms with Crippen molar-refractivity contribution >= 4 is 11.8 Å². The van der Waals surface area contributed by atoms with Crippen LogP contribution in [0.5, 0.6) is 0 Å². The molecule has 0 spiro atoms. The summed E-state index contributed by atoms with van der Waals surface area (Å²) in [7, 11) is 1.55. The van der Waals surface area contributed by atoms with Crippen LogP contribution in [-0.2, 0) is 6.54 Å². The highest BCUT2D eigenvalue weighted by Crippen LogP contribution is 2.06. The third kappa shape index (κ3) is 3.89. The van der Waals surface area contributed by atoms with Crippen molar-refractivity contribution in [2.24, 2.45) is 0 Å². The first kappa shape index (κ1) is 14.7. The van der Waals surface area contributed by atoms with Crippen LogP contribution in [-0.4, -0.2) is 23.8 Å². The van der Waals surface area contributed by atoms with Crippen LogP contribution in [0.2, 0.25) is 0 Å². The normalized spacial score (nSPS) is 10.0. The summed E-state index contributed by atoms with van der Waals surface area (Å²) >= 11 is 0. The Hall–Kier alpha value is -2.69. The standard InChI is InChI=1S/C16H17N3O2/c1-11-5-3-8-14(19-11)10-18-16(21)13-7-4-6-12(9-13)15(20)17-2/h3-9H,10H2,1-2H3,(H,17,20)(H,18,21). The highest BCUT2D eigenvalue weighted by Gasteiger charge is 2.09. The number of pyridine rings is 1. The molecule has 0 aliphatic heterocycles.